The maximum atomic E-state index is 12.7. The number of amides is 3. The fourth-order valence-corrected chi connectivity index (χ4v) is 2.79. The van der Waals surface area contributed by atoms with Crippen molar-refractivity contribution in [1.82, 2.24) is 5.43 Å². The number of methoxy groups -OCH3 is 1. The van der Waals surface area contributed by atoms with Gasteiger partial charge >= 0.3 is 11.8 Å². The zero-order valence-electron chi connectivity index (χ0n) is 17.6. The first-order valence-electron chi connectivity index (χ1n) is 9.72. The Balaban J connectivity index is 1.64. The minimum Gasteiger partial charge on any atom is -0.496 e. The van der Waals surface area contributed by atoms with Crippen molar-refractivity contribution in [3.8, 4) is 5.75 Å². The zero-order valence-corrected chi connectivity index (χ0v) is 17.6. The van der Waals surface area contributed by atoms with Crippen LogP contribution in [0.5, 0.6) is 5.75 Å². The van der Waals surface area contributed by atoms with Gasteiger partial charge in [0, 0.05) is 11.3 Å². The topological polar surface area (TPSA) is 109 Å². The Hall–Kier alpha value is -4.46. The highest BCUT2D eigenvalue weighted by Crippen LogP contribution is 2.18. The highest BCUT2D eigenvalue weighted by molar-refractivity contribution is 6.40. The van der Waals surface area contributed by atoms with Gasteiger partial charge in [-0.3, -0.25) is 14.4 Å². The molecule has 3 aromatic carbocycles. The molecule has 0 heterocycles. The Morgan fingerprint density at radius 1 is 0.844 bits per heavy atom. The number of aryl methyl sites for hydroxylation is 1. The number of para-hydroxylation sites is 2. The minimum absolute atomic E-state index is 0.200. The number of rotatable bonds is 6. The van der Waals surface area contributed by atoms with Gasteiger partial charge in [-0.05, 0) is 43.3 Å². The van der Waals surface area contributed by atoms with E-state index in [-0.39, 0.29) is 11.3 Å². The minimum atomic E-state index is -0.982. The van der Waals surface area contributed by atoms with Gasteiger partial charge in [0.1, 0.15) is 5.75 Å². The SMILES string of the molecule is COc1ccccc1C=NNC(=O)C(=O)Nc1ccccc1C(=O)Nc1ccc(C)cc1. The first kappa shape index (κ1) is 22.2. The molecule has 162 valence electrons. The second-order valence-electron chi connectivity index (χ2n) is 6.76. The highest BCUT2D eigenvalue weighted by Gasteiger charge is 2.17. The number of carbonyl (C=O) groups is 3. The fraction of sp³-hybridized carbons (Fsp3) is 0.0833. The average molecular weight is 430 g/mol. The predicted octanol–water partition coefficient (Wildman–Crippen LogP) is 3.34. The number of anilines is 2. The lowest BCUT2D eigenvalue weighted by molar-refractivity contribution is -0.136. The highest BCUT2D eigenvalue weighted by atomic mass is 16.5. The molecule has 0 bridgehead atoms. The van der Waals surface area contributed by atoms with Crippen LogP contribution in [0.15, 0.2) is 77.9 Å². The van der Waals surface area contributed by atoms with E-state index in [4.69, 9.17) is 4.74 Å². The Labute approximate surface area is 185 Å². The van der Waals surface area contributed by atoms with E-state index in [0.29, 0.717) is 17.0 Å². The van der Waals surface area contributed by atoms with Crippen molar-refractivity contribution in [2.45, 2.75) is 6.92 Å². The largest absolute Gasteiger partial charge is 0.496 e. The Morgan fingerprint density at radius 2 is 1.53 bits per heavy atom. The summed E-state index contributed by atoms with van der Waals surface area (Å²) in [5.74, 6) is -1.79. The Morgan fingerprint density at radius 3 is 2.28 bits per heavy atom. The predicted molar refractivity (Wildman–Crippen MR) is 123 cm³/mol. The molecule has 0 atom stereocenters. The van der Waals surface area contributed by atoms with Gasteiger partial charge in [0.05, 0.1) is 24.6 Å². The number of benzene rings is 3. The van der Waals surface area contributed by atoms with Crippen LogP contribution in [0.25, 0.3) is 0 Å². The number of hydrogen-bond donors (Lipinski definition) is 3. The van der Waals surface area contributed by atoms with Crippen LogP contribution < -0.4 is 20.8 Å². The van der Waals surface area contributed by atoms with Gasteiger partial charge in [-0.2, -0.15) is 5.10 Å². The normalized spacial score (nSPS) is 10.4. The van der Waals surface area contributed by atoms with Gasteiger partial charge in [-0.15, -0.1) is 0 Å². The van der Waals surface area contributed by atoms with Crippen LogP contribution >= 0.6 is 0 Å². The van der Waals surface area contributed by atoms with Crippen LogP contribution in [0, 0.1) is 6.92 Å². The molecule has 0 aliphatic carbocycles. The quantitative estimate of drug-likeness (QED) is 0.317. The van der Waals surface area contributed by atoms with E-state index in [0.717, 1.165) is 5.56 Å². The third kappa shape index (κ3) is 5.79. The summed E-state index contributed by atoms with van der Waals surface area (Å²) in [6.45, 7) is 1.95. The van der Waals surface area contributed by atoms with Gasteiger partial charge in [-0.1, -0.05) is 42.0 Å². The second kappa shape index (κ2) is 10.5. The molecule has 3 amide bonds. The van der Waals surface area contributed by atoms with E-state index in [9.17, 15) is 14.4 Å². The monoisotopic (exact) mass is 430 g/mol. The van der Waals surface area contributed by atoms with Gasteiger partial charge in [0.2, 0.25) is 0 Å². The van der Waals surface area contributed by atoms with E-state index in [2.05, 4.69) is 21.2 Å². The Bertz CT molecular complexity index is 1160. The number of ether oxygens (including phenoxy) is 1. The summed E-state index contributed by atoms with van der Waals surface area (Å²) >= 11 is 0. The Kier molecular flexibility index (Phi) is 7.32. The van der Waals surface area contributed by atoms with Crippen LogP contribution in [0.2, 0.25) is 0 Å². The van der Waals surface area contributed by atoms with Crippen LogP contribution in [-0.4, -0.2) is 31.0 Å². The summed E-state index contributed by atoms with van der Waals surface area (Å²) in [7, 11) is 1.52. The molecule has 0 aliphatic rings. The molecule has 0 aliphatic heterocycles. The lowest BCUT2D eigenvalue weighted by Crippen LogP contribution is -2.33. The second-order valence-corrected chi connectivity index (χ2v) is 6.76. The van der Waals surface area contributed by atoms with Crippen molar-refractivity contribution in [2.75, 3.05) is 17.7 Å². The zero-order chi connectivity index (χ0) is 22.9. The maximum Gasteiger partial charge on any atom is 0.329 e. The molecule has 32 heavy (non-hydrogen) atoms. The summed E-state index contributed by atoms with van der Waals surface area (Å²) in [5.41, 5.74) is 4.89. The summed E-state index contributed by atoms with van der Waals surface area (Å²) in [5, 5.41) is 9.00. The number of carbonyl (C=O) groups excluding carboxylic acids is 3. The van der Waals surface area contributed by atoms with Crippen molar-refractivity contribution in [3.05, 3.63) is 89.5 Å². The van der Waals surface area contributed by atoms with Gasteiger partial charge in [0.25, 0.3) is 5.91 Å². The molecule has 3 rings (SSSR count). The first-order chi connectivity index (χ1) is 15.5. The third-order valence-electron chi connectivity index (χ3n) is 4.44. The van der Waals surface area contributed by atoms with Crippen LogP contribution in [0.3, 0.4) is 0 Å². The summed E-state index contributed by atoms with van der Waals surface area (Å²) in [4.78, 5) is 37.1. The molecule has 3 aromatic rings. The molecule has 0 saturated heterocycles. The maximum absolute atomic E-state index is 12.7. The van der Waals surface area contributed by atoms with Crippen LogP contribution in [-0.2, 0) is 9.59 Å². The van der Waals surface area contributed by atoms with Gasteiger partial charge < -0.3 is 15.4 Å². The molecule has 0 saturated carbocycles. The van der Waals surface area contributed by atoms with E-state index in [1.807, 2.05) is 19.1 Å². The average Bonchev–Trinajstić information content (AvgIpc) is 2.81. The summed E-state index contributed by atoms with van der Waals surface area (Å²) in [6.07, 6.45) is 1.37. The molecular weight excluding hydrogens is 408 g/mol. The van der Waals surface area contributed by atoms with Crippen molar-refractivity contribution in [1.29, 1.82) is 0 Å². The molecule has 8 nitrogen and oxygen atoms in total. The van der Waals surface area contributed by atoms with Gasteiger partial charge in [-0.25, -0.2) is 5.43 Å². The van der Waals surface area contributed by atoms with E-state index >= 15 is 0 Å². The molecular formula is C24H22N4O4. The fourth-order valence-electron chi connectivity index (χ4n) is 2.79. The number of hydrogen-bond acceptors (Lipinski definition) is 5. The lowest BCUT2D eigenvalue weighted by Gasteiger charge is -2.11. The first-order valence-corrected chi connectivity index (χ1v) is 9.72. The van der Waals surface area contributed by atoms with Crippen LogP contribution in [0.1, 0.15) is 21.5 Å². The van der Waals surface area contributed by atoms with Gasteiger partial charge in [0.15, 0.2) is 0 Å². The van der Waals surface area contributed by atoms with Crippen molar-refractivity contribution in [3.63, 3.8) is 0 Å². The number of nitrogens with one attached hydrogen (secondary N) is 3. The van der Waals surface area contributed by atoms with Crippen LogP contribution in [0.4, 0.5) is 11.4 Å². The van der Waals surface area contributed by atoms with Crippen molar-refractivity contribution >= 4 is 35.3 Å². The molecule has 0 unspecified atom stereocenters. The molecule has 3 N–H and O–H groups in total. The lowest BCUT2D eigenvalue weighted by atomic mass is 10.1. The molecule has 0 radical (unpaired) electrons. The van der Waals surface area contributed by atoms with Crippen molar-refractivity contribution < 1.29 is 19.1 Å². The standard InChI is InChI=1S/C24H22N4O4/c1-16-11-13-18(14-12-16)26-22(29)19-8-4-5-9-20(19)27-23(30)24(31)28-25-15-17-7-3-6-10-21(17)32-2/h3-15H,1-2H3,(H,26,29)(H,27,30)(H,28,31). The number of nitrogens with zero attached hydrogens (tertiary/aromatic N) is 1. The third-order valence-corrected chi connectivity index (χ3v) is 4.44. The molecule has 0 spiro atoms. The molecule has 0 aromatic heterocycles. The van der Waals surface area contributed by atoms with Crippen molar-refractivity contribution in [2.24, 2.45) is 5.10 Å². The van der Waals surface area contributed by atoms with E-state index < -0.39 is 17.7 Å². The molecule has 8 heteroatoms. The summed E-state index contributed by atoms with van der Waals surface area (Å²) in [6, 6.07) is 20.8. The van der Waals surface area contributed by atoms with E-state index in [1.165, 1.54) is 19.4 Å². The van der Waals surface area contributed by atoms with E-state index in [1.54, 1.807) is 54.6 Å². The summed E-state index contributed by atoms with van der Waals surface area (Å²) < 4.78 is 5.19. The smallest absolute Gasteiger partial charge is 0.329 e. The number of hydrazone groups is 1. The molecule has 0 fully saturated rings.